The molecule has 1 aromatic carbocycles. The SMILES string of the molecule is O=S(=O)(O)O.[NaH].c1ccccc1. The zero-order valence-electron chi connectivity index (χ0n) is 5.58. The Hall–Kier alpha value is 0.0900. The summed E-state index contributed by atoms with van der Waals surface area (Å²) in [5.41, 5.74) is 0. The molecule has 0 bridgehead atoms. The Morgan fingerprint density at radius 3 is 0.917 bits per heavy atom. The molecule has 0 saturated heterocycles. The molecule has 0 fully saturated rings. The van der Waals surface area contributed by atoms with E-state index in [4.69, 9.17) is 17.5 Å². The second-order valence-corrected chi connectivity index (χ2v) is 2.50. The van der Waals surface area contributed by atoms with Crippen LogP contribution in [-0.4, -0.2) is 47.1 Å². The van der Waals surface area contributed by atoms with Crippen LogP contribution < -0.4 is 0 Å². The van der Waals surface area contributed by atoms with Crippen LogP contribution in [0.1, 0.15) is 0 Å². The third-order valence-corrected chi connectivity index (χ3v) is 0.667. The molecule has 0 aliphatic heterocycles. The summed E-state index contributed by atoms with van der Waals surface area (Å²) in [6.07, 6.45) is 0. The fraction of sp³-hybridized carbons (Fsp3) is 0. The Labute approximate surface area is 93.5 Å². The molecular formula is C6H9NaO4S. The monoisotopic (exact) mass is 200 g/mol. The van der Waals surface area contributed by atoms with Gasteiger partial charge in [-0.05, 0) is 0 Å². The van der Waals surface area contributed by atoms with Gasteiger partial charge in [-0.25, -0.2) is 0 Å². The smallest absolute Gasteiger partial charge is 0.0623 e. The van der Waals surface area contributed by atoms with E-state index < -0.39 is 10.4 Å². The largest absolute Gasteiger partial charge is 0.0623 e. The third kappa shape index (κ3) is 22.5. The average Bonchev–Trinajstić information content (AvgIpc) is 1.88. The molecule has 0 atom stereocenters. The molecule has 0 aliphatic carbocycles. The van der Waals surface area contributed by atoms with E-state index in [0.29, 0.717) is 0 Å². The maximum Gasteiger partial charge on any atom is -0.0623 e. The van der Waals surface area contributed by atoms with Crippen molar-refractivity contribution in [2.75, 3.05) is 0 Å². The van der Waals surface area contributed by atoms with Crippen LogP contribution >= 0.6 is 0 Å². The Bertz CT molecular complexity index is 236. The van der Waals surface area contributed by atoms with Crippen molar-refractivity contribution in [3.8, 4) is 0 Å². The first kappa shape index (κ1) is 14.6. The summed E-state index contributed by atoms with van der Waals surface area (Å²) in [5, 5.41) is 0. The van der Waals surface area contributed by atoms with Gasteiger partial charge in [0.15, 0.2) is 0 Å². The van der Waals surface area contributed by atoms with Gasteiger partial charge in [-0.1, -0.05) is 36.4 Å². The fourth-order valence-corrected chi connectivity index (χ4v) is 0.385. The Morgan fingerprint density at radius 2 is 0.833 bits per heavy atom. The Balaban J connectivity index is 0. The molecule has 0 unspecified atom stereocenters. The van der Waals surface area contributed by atoms with Gasteiger partial charge in [0.25, 0.3) is 0 Å². The predicted octanol–water partition coefficient (Wildman–Crippen LogP) is 0.385. The van der Waals surface area contributed by atoms with Gasteiger partial charge < -0.3 is 0 Å². The van der Waals surface area contributed by atoms with E-state index in [1.165, 1.54) is 0 Å². The number of rotatable bonds is 0. The molecule has 0 saturated carbocycles. The fourth-order valence-electron chi connectivity index (χ4n) is 0.385. The van der Waals surface area contributed by atoms with Crippen molar-refractivity contribution in [1.29, 1.82) is 0 Å². The van der Waals surface area contributed by atoms with Gasteiger partial charge in [-0.15, -0.1) is 0 Å². The van der Waals surface area contributed by atoms with E-state index in [-0.39, 0.29) is 29.6 Å². The van der Waals surface area contributed by atoms with Crippen molar-refractivity contribution in [2.45, 2.75) is 0 Å². The molecule has 0 spiro atoms. The van der Waals surface area contributed by atoms with Crippen LogP contribution in [0.4, 0.5) is 0 Å². The van der Waals surface area contributed by atoms with Crippen LogP contribution in [0.25, 0.3) is 0 Å². The summed E-state index contributed by atoms with van der Waals surface area (Å²) in [7, 11) is -4.67. The molecule has 1 rings (SSSR count). The Morgan fingerprint density at radius 1 is 0.750 bits per heavy atom. The van der Waals surface area contributed by atoms with Crippen molar-refractivity contribution >= 4 is 40.0 Å². The van der Waals surface area contributed by atoms with Crippen molar-refractivity contribution in [3.05, 3.63) is 36.4 Å². The molecule has 0 heterocycles. The van der Waals surface area contributed by atoms with Crippen molar-refractivity contribution in [2.24, 2.45) is 0 Å². The zero-order chi connectivity index (χ0) is 8.74. The standard InChI is InChI=1S/C6H6.Na.H2O4S.H/c1-2-4-6-5-3-1;;1-5(2,3)4;/h1-6H;;(H2,1,2,3,4);. The first-order valence-corrected chi connectivity index (χ1v) is 4.10. The Kier molecular flexibility index (Phi) is 9.40. The molecule has 12 heavy (non-hydrogen) atoms. The first-order valence-electron chi connectivity index (χ1n) is 2.70. The maximum absolute atomic E-state index is 8.74. The van der Waals surface area contributed by atoms with Crippen LogP contribution in [0.2, 0.25) is 0 Å². The minimum Gasteiger partial charge on any atom is -0.0623 e. The van der Waals surface area contributed by atoms with E-state index in [1.807, 2.05) is 36.4 Å². The molecule has 1 aromatic rings. The molecule has 4 nitrogen and oxygen atoms in total. The van der Waals surface area contributed by atoms with Gasteiger partial charge >= 0.3 is 40.0 Å². The van der Waals surface area contributed by atoms with Gasteiger partial charge in [0.2, 0.25) is 0 Å². The summed E-state index contributed by atoms with van der Waals surface area (Å²) in [4.78, 5) is 0. The molecule has 0 amide bonds. The normalized spacial score (nSPS) is 8.83. The van der Waals surface area contributed by atoms with Crippen molar-refractivity contribution < 1.29 is 17.5 Å². The average molecular weight is 200 g/mol. The van der Waals surface area contributed by atoms with Gasteiger partial charge in [-0.3, -0.25) is 9.11 Å². The molecular weight excluding hydrogens is 191 g/mol. The van der Waals surface area contributed by atoms with Crippen molar-refractivity contribution in [1.82, 2.24) is 0 Å². The second-order valence-electron chi connectivity index (χ2n) is 1.60. The third-order valence-electron chi connectivity index (χ3n) is 0.667. The van der Waals surface area contributed by atoms with Gasteiger partial charge in [0, 0.05) is 0 Å². The van der Waals surface area contributed by atoms with E-state index in [1.54, 1.807) is 0 Å². The quantitative estimate of drug-likeness (QED) is 0.469. The summed E-state index contributed by atoms with van der Waals surface area (Å²) >= 11 is 0. The zero-order valence-corrected chi connectivity index (χ0v) is 6.40. The topological polar surface area (TPSA) is 74.6 Å². The van der Waals surface area contributed by atoms with Crippen LogP contribution in [-0.2, 0) is 10.4 Å². The number of hydrogen-bond donors (Lipinski definition) is 2. The van der Waals surface area contributed by atoms with E-state index in [2.05, 4.69) is 0 Å². The maximum atomic E-state index is 8.74. The number of benzene rings is 1. The minimum absolute atomic E-state index is 0. The van der Waals surface area contributed by atoms with E-state index in [9.17, 15) is 0 Å². The summed E-state index contributed by atoms with van der Waals surface area (Å²) in [5.74, 6) is 0. The van der Waals surface area contributed by atoms with Crippen LogP contribution in [0.5, 0.6) is 0 Å². The molecule has 0 aromatic heterocycles. The van der Waals surface area contributed by atoms with Crippen molar-refractivity contribution in [3.63, 3.8) is 0 Å². The van der Waals surface area contributed by atoms with E-state index in [0.717, 1.165) is 0 Å². The van der Waals surface area contributed by atoms with Gasteiger partial charge in [0.05, 0.1) is 0 Å². The molecule has 64 valence electrons. The summed E-state index contributed by atoms with van der Waals surface area (Å²) < 4.78 is 31.6. The molecule has 6 heteroatoms. The first-order chi connectivity index (χ1) is 5.00. The van der Waals surface area contributed by atoms with Gasteiger partial charge in [-0.2, -0.15) is 8.42 Å². The number of hydrogen-bond acceptors (Lipinski definition) is 2. The second kappa shape index (κ2) is 7.72. The summed E-state index contributed by atoms with van der Waals surface area (Å²) in [6, 6.07) is 12.0. The van der Waals surface area contributed by atoms with E-state index >= 15 is 0 Å². The van der Waals surface area contributed by atoms with Crippen LogP contribution in [0, 0.1) is 0 Å². The minimum atomic E-state index is -4.67. The molecule has 0 radical (unpaired) electrons. The van der Waals surface area contributed by atoms with Crippen LogP contribution in [0.15, 0.2) is 36.4 Å². The predicted molar refractivity (Wildman–Crippen MR) is 47.8 cm³/mol. The van der Waals surface area contributed by atoms with Crippen LogP contribution in [0.3, 0.4) is 0 Å². The van der Waals surface area contributed by atoms with Gasteiger partial charge in [0.1, 0.15) is 0 Å². The molecule has 2 N–H and O–H groups in total. The summed E-state index contributed by atoms with van der Waals surface area (Å²) in [6.45, 7) is 0. The molecule has 0 aliphatic rings.